The summed E-state index contributed by atoms with van der Waals surface area (Å²) >= 11 is 3.55. The molecule has 0 aliphatic carbocycles. The molecule has 0 atom stereocenters. The molecule has 0 bridgehead atoms. The van der Waals surface area contributed by atoms with Crippen LogP contribution in [0.2, 0.25) is 0 Å². The molecule has 0 aromatic heterocycles. The number of alkyl halides is 1. The summed E-state index contributed by atoms with van der Waals surface area (Å²) in [6.45, 7) is 13.6. The van der Waals surface area contributed by atoms with E-state index in [1.54, 1.807) is 0 Å². The molecule has 90 valence electrons. The minimum Gasteiger partial charge on any atom is -0.460 e. The number of hydrogen-bond donors (Lipinski definition) is 0. The van der Waals surface area contributed by atoms with Crippen LogP contribution in [0.5, 0.6) is 0 Å². The van der Waals surface area contributed by atoms with Gasteiger partial charge in [0.25, 0.3) is 0 Å². The fourth-order valence-corrected chi connectivity index (χ4v) is 2.24. The van der Waals surface area contributed by atoms with Gasteiger partial charge in [-0.2, -0.15) is 0 Å². The Morgan fingerprint density at radius 3 is 1.73 bits per heavy atom. The summed E-state index contributed by atoms with van der Waals surface area (Å²) in [6.07, 6.45) is 0.745. The second kappa shape index (κ2) is 4.44. The minimum atomic E-state index is -0.458. The molecule has 0 fully saturated rings. The van der Waals surface area contributed by atoms with Gasteiger partial charge in [0.2, 0.25) is 0 Å². The van der Waals surface area contributed by atoms with Gasteiger partial charge in [0.15, 0.2) is 0 Å². The van der Waals surface area contributed by atoms with Gasteiger partial charge in [-0.1, -0.05) is 29.8 Å². The highest BCUT2D eigenvalue weighted by Crippen LogP contribution is 2.35. The Labute approximate surface area is 102 Å². The van der Waals surface area contributed by atoms with Crippen LogP contribution in [0.4, 0.5) is 0 Å². The highest BCUT2D eigenvalue weighted by molar-refractivity contribution is 9.10. The van der Waals surface area contributed by atoms with Gasteiger partial charge in [-0.05, 0) is 41.0 Å². The molecule has 0 radical (unpaired) electrons. The lowest BCUT2D eigenvalue weighted by Gasteiger charge is -2.32. The summed E-state index contributed by atoms with van der Waals surface area (Å²) in [5.41, 5.74) is -0.870. The lowest BCUT2D eigenvalue weighted by molar-refractivity contribution is -0.166. The molecule has 0 heterocycles. The van der Waals surface area contributed by atoms with Gasteiger partial charge in [-0.3, -0.25) is 4.79 Å². The molecule has 15 heavy (non-hydrogen) atoms. The van der Waals surface area contributed by atoms with Crippen LogP contribution < -0.4 is 0 Å². The molecule has 0 aliphatic rings. The van der Waals surface area contributed by atoms with Crippen molar-refractivity contribution in [1.82, 2.24) is 0 Å². The predicted octanol–water partition coefficient (Wildman–Crippen LogP) is 3.92. The lowest BCUT2D eigenvalue weighted by atomic mass is 9.84. The van der Waals surface area contributed by atoms with E-state index in [-0.39, 0.29) is 10.3 Å². The third-order valence-corrected chi connectivity index (χ3v) is 2.09. The van der Waals surface area contributed by atoms with Gasteiger partial charge < -0.3 is 4.74 Å². The first-order chi connectivity index (χ1) is 6.33. The van der Waals surface area contributed by atoms with Crippen molar-refractivity contribution in [3.8, 4) is 0 Å². The monoisotopic (exact) mass is 278 g/mol. The van der Waals surface area contributed by atoms with E-state index in [1.165, 1.54) is 0 Å². The van der Waals surface area contributed by atoms with Crippen LogP contribution in [0, 0.1) is 5.41 Å². The van der Waals surface area contributed by atoms with Crippen LogP contribution in [0.25, 0.3) is 0 Å². The fraction of sp³-hybridized carbons (Fsp3) is 0.917. The zero-order chi connectivity index (χ0) is 12.5. The lowest BCUT2D eigenvalue weighted by Crippen LogP contribution is -2.37. The highest BCUT2D eigenvalue weighted by atomic mass is 79.9. The zero-order valence-electron chi connectivity index (χ0n) is 10.9. The average molecular weight is 279 g/mol. The van der Waals surface area contributed by atoms with Crippen molar-refractivity contribution in [3.05, 3.63) is 0 Å². The molecular formula is C12H23BrO2. The van der Waals surface area contributed by atoms with Crippen molar-refractivity contribution >= 4 is 21.9 Å². The number of carbonyl (C=O) groups is 1. The highest BCUT2D eigenvalue weighted by Gasteiger charge is 2.36. The average Bonchev–Trinajstić information content (AvgIpc) is 1.75. The van der Waals surface area contributed by atoms with E-state index in [0.717, 1.165) is 6.42 Å². The van der Waals surface area contributed by atoms with Crippen LogP contribution in [-0.2, 0) is 9.53 Å². The standard InChI is InChI=1S/C12H23BrO2/c1-10(2,3)15-9(14)11(4,5)8-12(6,7)13/h8H2,1-7H3. The SMILES string of the molecule is CC(C)(Br)CC(C)(C)C(=O)OC(C)(C)C. The van der Waals surface area contributed by atoms with Crippen LogP contribution in [-0.4, -0.2) is 15.9 Å². The Hall–Kier alpha value is -0.0500. The van der Waals surface area contributed by atoms with Crippen molar-refractivity contribution in [3.63, 3.8) is 0 Å². The molecule has 2 nitrogen and oxygen atoms in total. The summed E-state index contributed by atoms with van der Waals surface area (Å²) in [5.74, 6) is -0.137. The van der Waals surface area contributed by atoms with Gasteiger partial charge in [-0.15, -0.1) is 0 Å². The molecule has 0 rings (SSSR count). The van der Waals surface area contributed by atoms with Gasteiger partial charge in [0, 0.05) is 4.32 Å². The number of ether oxygens (including phenoxy) is 1. The van der Waals surface area contributed by atoms with E-state index in [9.17, 15) is 4.79 Å². The number of esters is 1. The van der Waals surface area contributed by atoms with Gasteiger partial charge in [0.1, 0.15) is 5.60 Å². The minimum absolute atomic E-state index is 0.0482. The van der Waals surface area contributed by atoms with E-state index in [2.05, 4.69) is 29.8 Å². The van der Waals surface area contributed by atoms with Crippen molar-refractivity contribution < 1.29 is 9.53 Å². The molecule has 0 saturated heterocycles. The Morgan fingerprint density at radius 2 is 1.47 bits per heavy atom. The van der Waals surface area contributed by atoms with Crippen LogP contribution in [0.1, 0.15) is 54.9 Å². The topological polar surface area (TPSA) is 26.3 Å². The van der Waals surface area contributed by atoms with Crippen molar-refractivity contribution in [2.75, 3.05) is 0 Å². The normalized spacial score (nSPS) is 13.9. The van der Waals surface area contributed by atoms with Gasteiger partial charge >= 0.3 is 5.97 Å². The van der Waals surface area contributed by atoms with E-state index in [4.69, 9.17) is 4.74 Å². The fourth-order valence-electron chi connectivity index (χ4n) is 1.54. The number of rotatable bonds is 3. The van der Waals surface area contributed by atoms with E-state index in [1.807, 2.05) is 34.6 Å². The molecule has 0 unspecified atom stereocenters. The van der Waals surface area contributed by atoms with Crippen LogP contribution in [0.15, 0.2) is 0 Å². The van der Waals surface area contributed by atoms with Crippen molar-refractivity contribution in [2.45, 2.75) is 64.8 Å². The maximum Gasteiger partial charge on any atom is 0.312 e. The third-order valence-electron chi connectivity index (χ3n) is 1.81. The van der Waals surface area contributed by atoms with E-state index in [0.29, 0.717) is 0 Å². The van der Waals surface area contributed by atoms with Crippen molar-refractivity contribution in [1.29, 1.82) is 0 Å². The number of halogens is 1. The third kappa shape index (κ3) is 6.93. The summed E-state index contributed by atoms with van der Waals surface area (Å²) < 4.78 is 5.34. The second-order valence-electron chi connectivity index (χ2n) is 6.28. The molecule has 0 amide bonds. The van der Waals surface area contributed by atoms with Crippen LogP contribution in [0.3, 0.4) is 0 Å². The van der Waals surface area contributed by atoms with Crippen LogP contribution >= 0.6 is 15.9 Å². The maximum absolute atomic E-state index is 11.9. The Morgan fingerprint density at radius 1 is 1.07 bits per heavy atom. The molecule has 0 N–H and O–H groups in total. The maximum atomic E-state index is 11.9. The smallest absolute Gasteiger partial charge is 0.312 e. The summed E-state index contributed by atoms with van der Waals surface area (Å²) in [6, 6.07) is 0. The predicted molar refractivity (Wildman–Crippen MR) is 67.2 cm³/mol. The summed E-state index contributed by atoms with van der Waals surface area (Å²) in [4.78, 5) is 11.9. The van der Waals surface area contributed by atoms with E-state index < -0.39 is 11.0 Å². The Bertz CT molecular complexity index is 231. The summed E-state index contributed by atoms with van der Waals surface area (Å²) in [5, 5.41) is 0. The quantitative estimate of drug-likeness (QED) is 0.578. The zero-order valence-corrected chi connectivity index (χ0v) is 12.5. The van der Waals surface area contributed by atoms with Gasteiger partial charge in [-0.25, -0.2) is 0 Å². The van der Waals surface area contributed by atoms with Gasteiger partial charge in [0.05, 0.1) is 5.41 Å². The number of hydrogen-bond acceptors (Lipinski definition) is 2. The number of carbonyl (C=O) groups excluding carboxylic acids is 1. The van der Waals surface area contributed by atoms with Crippen molar-refractivity contribution in [2.24, 2.45) is 5.41 Å². The molecule has 0 spiro atoms. The first-order valence-corrected chi connectivity index (χ1v) is 6.05. The Kier molecular flexibility index (Phi) is 4.43. The summed E-state index contributed by atoms with van der Waals surface area (Å²) in [7, 11) is 0. The molecule has 0 aromatic carbocycles. The molecular weight excluding hydrogens is 256 g/mol. The molecule has 3 heteroatoms. The second-order valence-corrected chi connectivity index (χ2v) is 8.43. The first-order valence-electron chi connectivity index (χ1n) is 5.26. The molecule has 0 aromatic rings. The molecule has 0 aliphatic heterocycles. The Balaban J connectivity index is 4.54. The van der Waals surface area contributed by atoms with E-state index >= 15 is 0 Å². The molecule has 0 saturated carbocycles. The first kappa shape index (κ1) is 14.9. The largest absolute Gasteiger partial charge is 0.460 e.